The molecule has 0 aliphatic rings. The molecule has 5 heteroatoms. The Labute approximate surface area is 148 Å². The lowest BCUT2D eigenvalue weighted by Crippen LogP contribution is -1.91. The Balaban J connectivity index is 1.91. The fraction of sp³-hybridized carbons (Fsp3) is 0. The highest BCUT2D eigenvalue weighted by molar-refractivity contribution is 6.03. The van der Waals surface area contributed by atoms with Crippen molar-refractivity contribution in [2.24, 2.45) is 0 Å². The predicted octanol–water partition coefficient (Wildman–Crippen LogP) is 4.75. The third-order valence-corrected chi connectivity index (χ3v) is 4.42. The van der Waals surface area contributed by atoms with E-state index in [0.717, 1.165) is 27.5 Å². The van der Waals surface area contributed by atoms with E-state index in [2.05, 4.69) is 15.1 Å². The summed E-state index contributed by atoms with van der Waals surface area (Å²) in [5, 5.41) is 5.69. The Bertz CT molecular complexity index is 1250. The van der Waals surface area contributed by atoms with Gasteiger partial charge in [-0.2, -0.15) is 9.49 Å². The van der Waals surface area contributed by atoms with E-state index in [1.165, 1.54) is 6.07 Å². The van der Waals surface area contributed by atoms with E-state index in [1.807, 2.05) is 54.7 Å². The molecule has 26 heavy (non-hydrogen) atoms. The van der Waals surface area contributed by atoms with Crippen molar-refractivity contribution < 1.29 is 4.39 Å². The van der Waals surface area contributed by atoms with Crippen molar-refractivity contribution >= 4 is 16.4 Å². The van der Waals surface area contributed by atoms with Crippen LogP contribution in [0.3, 0.4) is 0 Å². The predicted molar refractivity (Wildman–Crippen MR) is 99.1 cm³/mol. The van der Waals surface area contributed by atoms with Crippen LogP contribution in [-0.4, -0.2) is 19.6 Å². The first-order chi connectivity index (χ1) is 12.8. The van der Waals surface area contributed by atoms with Gasteiger partial charge in [-0.25, -0.2) is 9.50 Å². The van der Waals surface area contributed by atoms with Crippen LogP contribution in [-0.2, 0) is 0 Å². The highest BCUT2D eigenvalue weighted by Gasteiger charge is 2.19. The van der Waals surface area contributed by atoms with E-state index in [-0.39, 0.29) is 0 Å². The van der Waals surface area contributed by atoms with Crippen molar-refractivity contribution in [3.8, 4) is 22.5 Å². The number of pyridine rings is 3. The highest BCUT2D eigenvalue weighted by Crippen LogP contribution is 2.37. The van der Waals surface area contributed by atoms with Crippen LogP contribution in [0.4, 0.5) is 4.39 Å². The van der Waals surface area contributed by atoms with Crippen LogP contribution in [0.5, 0.6) is 0 Å². The summed E-state index contributed by atoms with van der Waals surface area (Å²) in [7, 11) is 0. The van der Waals surface area contributed by atoms with E-state index in [4.69, 9.17) is 0 Å². The van der Waals surface area contributed by atoms with Crippen molar-refractivity contribution in [1.29, 1.82) is 0 Å². The molecule has 0 fully saturated rings. The summed E-state index contributed by atoms with van der Waals surface area (Å²) in [5.74, 6) is -0.523. The fourth-order valence-corrected chi connectivity index (χ4v) is 3.30. The van der Waals surface area contributed by atoms with Gasteiger partial charge in [0.25, 0.3) is 0 Å². The standard InChI is InChI=1S/C21H13FN4/c22-19-10-5-8-17(24-19)21-20(18-9-3-4-13-26(18)25-21)15-11-12-23-16-7-2-1-6-14(15)16/h1-13H. The Morgan fingerprint density at radius 3 is 2.65 bits per heavy atom. The summed E-state index contributed by atoms with van der Waals surface area (Å²) >= 11 is 0. The molecule has 4 aromatic heterocycles. The number of para-hydroxylation sites is 1. The Hall–Kier alpha value is -3.60. The van der Waals surface area contributed by atoms with Crippen LogP contribution in [0.25, 0.3) is 38.9 Å². The molecule has 0 N–H and O–H groups in total. The molecular formula is C21H13FN4. The molecular weight excluding hydrogens is 327 g/mol. The monoisotopic (exact) mass is 340 g/mol. The zero-order valence-corrected chi connectivity index (χ0v) is 13.7. The third-order valence-electron chi connectivity index (χ3n) is 4.42. The maximum absolute atomic E-state index is 13.7. The number of rotatable bonds is 2. The van der Waals surface area contributed by atoms with E-state index >= 15 is 0 Å². The third kappa shape index (κ3) is 2.25. The van der Waals surface area contributed by atoms with E-state index in [0.29, 0.717) is 11.4 Å². The number of nitrogens with zero attached hydrogens (tertiary/aromatic N) is 4. The van der Waals surface area contributed by atoms with Crippen molar-refractivity contribution in [1.82, 2.24) is 19.6 Å². The second kappa shape index (κ2) is 5.74. The minimum absolute atomic E-state index is 0.504. The fourth-order valence-electron chi connectivity index (χ4n) is 3.30. The SMILES string of the molecule is Fc1cccc(-c2nn3ccccc3c2-c2ccnc3ccccc23)n1. The molecule has 0 atom stereocenters. The first-order valence-electron chi connectivity index (χ1n) is 8.26. The molecule has 0 saturated heterocycles. The average Bonchev–Trinajstić information content (AvgIpc) is 3.07. The average molecular weight is 340 g/mol. The molecule has 0 spiro atoms. The molecule has 1 aromatic carbocycles. The van der Waals surface area contributed by atoms with Gasteiger partial charge in [-0.05, 0) is 42.0 Å². The Morgan fingerprint density at radius 1 is 0.846 bits per heavy atom. The molecule has 0 unspecified atom stereocenters. The van der Waals surface area contributed by atoms with Crippen LogP contribution < -0.4 is 0 Å². The second-order valence-electron chi connectivity index (χ2n) is 5.98. The molecule has 4 nitrogen and oxygen atoms in total. The van der Waals surface area contributed by atoms with Crippen LogP contribution in [0.1, 0.15) is 0 Å². The van der Waals surface area contributed by atoms with Gasteiger partial charge in [-0.1, -0.05) is 30.3 Å². The maximum Gasteiger partial charge on any atom is 0.213 e. The first-order valence-corrected chi connectivity index (χ1v) is 8.26. The number of aromatic nitrogens is 4. The van der Waals surface area contributed by atoms with Crippen LogP contribution >= 0.6 is 0 Å². The van der Waals surface area contributed by atoms with Gasteiger partial charge in [0.05, 0.1) is 16.7 Å². The molecule has 4 heterocycles. The van der Waals surface area contributed by atoms with Gasteiger partial charge >= 0.3 is 0 Å². The van der Waals surface area contributed by atoms with Gasteiger partial charge in [0.1, 0.15) is 5.69 Å². The highest BCUT2D eigenvalue weighted by atomic mass is 19.1. The van der Waals surface area contributed by atoms with Gasteiger partial charge in [0, 0.05) is 23.3 Å². The zero-order valence-electron chi connectivity index (χ0n) is 13.7. The van der Waals surface area contributed by atoms with Crippen LogP contribution in [0, 0.1) is 5.95 Å². The van der Waals surface area contributed by atoms with Crippen molar-refractivity contribution in [2.45, 2.75) is 0 Å². The topological polar surface area (TPSA) is 43.1 Å². The van der Waals surface area contributed by atoms with E-state index in [1.54, 1.807) is 22.8 Å². The molecule has 0 bridgehead atoms. The quantitative estimate of drug-likeness (QED) is 0.436. The van der Waals surface area contributed by atoms with Crippen molar-refractivity contribution in [2.75, 3.05) is 0 Å². The Kier molecular flexibility index (Phi) is 3.25. The zero-order chi connectivity index (χ0) is 17.5. The van der Waals surface area contributed by atoms with Crippen LogP contribution in [0.15, 0.2) is 79.1 Å². The lowest BCUT2D eigenvalue weighted by Gasteiger charge is -2.07. The van der Waals surface area contributed by atoms with Crippen molar-refractivity contribution in [3.05, 3.63) is 85.1 Å². The number of benzene rings is 1. The second-order valence-corrected chi connectivity index (χ2v) is 5.98. The minimum Gasteiger partial charge on any atom is -0.256 e. The largest absolute Gasteiger partial charge is 0.256 e. The summed E-state index contributed by atoms with van der Waals surface area (Å²) < 4.78 is 15.5. The van der Waals surface area contributed by atoms with Gasteiger partial charge in [-0.15, -0.1) is 0 Å². The molecule has 0 saturated carbocycles. The number of fused-ring (bicyclic) bond motifs is 2. The molecule has 5 aromatic rings. The summed E-state index contributed by atoms with van der Waals surface area (Å²) in [5.41, 5.74) is 4.90. The van der Waals surface area contributed by atoms with Crippen molar-refractivity contribution in [3.63, 3.8) is 0 Å². The van der Waals surface area contributed by atoms with Gasteiger partial charge in [0.15, 0.2) is 0 Å². The van der Waals surface area contributed by atoms with Gasteiger partial charge < -0.3 is 0 Å². The van der Waals surface area contributed by atoms with E-state index < -0.39 is 5.95 Å². The van der Waals surface area contributed by atoms with E-state index in [9.17, 15) is 4.39 Å². The van der Waals surface area contributed by atoms with Crippen LogP contribution in [0.2, 0.25) is 0 Å². The van der Waals surface area contributed by atoms with Gasteiger partial charge in [-0.3, -0.25) is 4.98 Å². The number of hydrogen-bond donors (Lipinski definition) is 0. The molecule has 0 aliphatic heterocycles. The summed E-state index contributed by atoms with van der Waals surface area (Å²) in [6.45, 7) is 0. The molecule has 0 amide bonds. The minimum atomic E-state index is -0.523. The lowest BCUT2D eigenvalue weighted by atomic mass is 9.98. The summed E-state index contributed by atoms with van der Waals surface area (Å²) in [6, 6.07) is 20.6. The molecule has 5 rings (SSSR count). The molecule has 0 radical (unpaired) electrons. The Morgan fingerprint density at radius 2 is 1.73 bits per heavy atom. The number of hydrogen-bond acceptors (Lipinski definition) is 3. The molecule has 0 aliphatic carbocycles. The normalized spacial score (nSPS) is 11.3. The maximum atomic E-state index is 13.7. The summed E-state index contributed by atoms with van der Waals surface area (Å²) in [4.78, 5) is 8.49. The van der Waals surface area contributed by atoms with Gasteiger partial charge in [0.2, 0.25) is 5.95 Å². The first kappa shape index (κ1) is 14.7. The molecule has 124 valence electrons. The smallest absolute Gasteiger partial charge is 0.213 e. The lowest BCUT2D eigenvalue weighted by molar-refractivity contribution is 0.585. The summed E-state index contributed by atoms with van der Waals surface area (Å²) in [6.07, 6.45) is 3.66. The number of halogens is 1.